The second-order valence-electron chi connectivity index (χ2n) is 6.53. The first-order valence-corrected chi connectivity index (χ1v) is 12.4. The summed E-state index contributed by atoms with van der Waals surface area (Å²) in [6.45, 7) is 0. The third-order valence-electron chi connectivity index (χ3n) is 4.46. The van der Waals surface area contributed by atoms with E-state index >= 15 is 0 Å². The van der Waals surface area contributed by atoms with E-state index in [-0.39, 0.29) is 21.3 Å². The molecular formula is C22H16BrN3O3S2. The first kappa shape index (κ1) is 21.5. The molecule has 156 valence electrons. The van der Waals surface area contributed by atoms with Gasteiger partial charge in [0.25, 0.3) is 0 Å². The zero-order valence-corrected chi connectivity index (χ0v) is 19.2. The summed E-state index contributed by atoms with van der Waals surface area (Å²) >= 11 is 4.59. The normalized spacial score (nSPS) is 11.4. The molecule has 4 rings (SSSR count). The van der Waals surface area contributed by atoms with Crippen LogP contribution in [0.2, 0.25) is 0 Å². The Kier molecular flexibility index (Phi) is 6.35. The second kappa shape index (κ2) is 9.17. The van der Waals surface area contributed by atoms with E-state index in [9.17, 15) is 13.2 Å². The average molecular weight is 514 g/mol. The number of Topliss-reactive ketones (excluding diaryl/α,β-unsaturated/α-hetero) is 1. The van der Waals surface area contributed by atoms with E-state index in [1.54, 1.807) is 66.7 Å². The van der Waals surface area contributed by atoms with Gasteiger partial charge in [0.1, 0.15) is 0 Å². The highest BCUT2D eigenvalue weighted by atomic mass is 79.9. The van der Waals surface area contributed by atoms with Gasteiger partial charge in [-0.15, -0.1) is 5.10 Å². The highest BCUT2D eigenvalue weighted by Gasteiger charge is 2.17. The number of nitrogens with zero attached hydrogens (tertiary/aromatic N) is 2. The lowest BCUT2D eigenvalue weighted by molar-refractivity contribution is 0.102. The zero-order valence-electron chi connectivity index (χ0n) is 16.0. The lowest BCUT2D eigenvalue weighted by Crippen LogP contribution is -2.02. The number of thioether (sulfide) groups is 1. The quantitative estimate of drug-likeness (QED) is 0.274. The van der Waals surface area contributed by atoms with Crippen LogP contribution < -0.4 is 0 Å². The van der Waals surface area contributed by atoms with E-state index in [0.29, 0.717) is 22.1 Å². The number of hydrogen-bond donors (Lipinski definition) is 1. The Morgan fingerprint density at radius 3 is 2.23 bits per heavy atom. The van der Waals surface area contributed by atoms with Crippen LogP contribution in [0.25, 0.3) is 11.4 Å². The molecule has 0 unspecified atom stereocenters. The molecule has 3 aromatic carbocycles. The third-order valence-corrected chi connectivity index (χ3v) is 7.62. The summed E-state index contributed by atoms with van der Waals surface area (Å²) in [6, 6.07) is 21.9. The third kappa shape index (κ3) is 4.95. The Hall–Kier alpha value is -2.75. The predicted octanol–water partition coefficient (Wildman–Crippen LogP) is 5.04. The maximum Gasteiger partial charge on any atom is 0.209 e. The minimum absolute atomic E-state index is 0.0145. The molecule has 31 heavy (non-hydrogen) atoms. The molecular weight excluding hydrogens is 498 g/mol. The number of aromatic amines is 1. The van der Waals surface area contributed by atoms with E-state index in [0.717, 1.165) is 4.47 Å². The number of sulfone groups is 1. The summed E-state index contributed by atoms with van der Waals surface area (Å²) < 4.78 is 26.3. The topological polar surface area (TPSA) is 92.8 Å². The molecule has 0 amide bonds. The van der Waals surface area contributed by atoms with E-state index in [2.05, 4.69) is 31.1 Å². The summed E-state index contributed by atoms with van der Waals surface area (Å²) in [6.07, 6.45) is 0. The largest absolute Gasteiger partial charge is 0.293 e. The van der Waals surface area contributed by atoms with Crippen LogP contribution in [0.15, 0.2) is 98.3 Å². The Morgan fingerprint density at radius 1 is 0.903 bits per heavy atom. The Balaban J connectivity index is 1.44. The molecule has 0 aliphatic heterocycles. The first-order valence-electron chi connectivity index (χ1n) is 9.18. The predicted molar refractivity (Wildman–Crippen MR) is 123 cm³/mol. The van der Waals surface area contributed by atoms with Crippen molar-refractivity contribution in [2.24, 2.45) is 0 Å². The molecule has 0 spiro atoms. The number of ketones is 1. The molecule has 4 aromatic rings. The van der Waals surface area contributed by atoms with Gasteiger partial charge in [-0.3, -0.25) is 9.89 Å². The van der Waals surface area contributed by atoms with Gasteiger partial charge in [0.2, 0.25) is 15.0 Å². The van der Waals surface area contributed by atoms with E-state index in [1.165, 1.54) is 11.8 Å². The maximum atomic E-state index is 12.7. The number of aromatic nitrogens is 3. The molecule has 6 nitrogen and oxygen atoms in total. The molecule has 0 fully saturated rings. The zero-order chi connectivity index (χ0) is 21.8. The highest BCUT2D eigenvalue weighted by Crippen LogP contribution is 2.25. The van der Waals surface area contributed by atoms with Crippen molar-refractivity contribution in [1.82, 2.24) is 15.2 Å². The minimum atomic E-state index is -3.57. The molecule has 0 atom stereocenters. The highest BCUT2D eigenvalue weighted by molar-refractivity contribution is 9.10. The number of benzene rings is 3. The van der Waals surface area contributed by atoms with E-state index in [4.69, 9.17) is 0 Å². The van der Waals surface area contributed by atoms with Crippen molar-refractivity contribution in [3.05, 3.63) is 88.9 Å². The summed E-state index contributed by atoms with van der Waals surface area (Å²) in [5.41, 5.74) is 1.33. The van der Waals surface area contributed by atoms with Gasteiger partial charge in [-0.2, -0.15) is 0 Å². The summed E-state index contributed by atoms with van der Waals surface area (Å²) in [5, 5.41) is 7.42. The molecule has 0 saturated heterocycles. The molecule has 9 heteroatoms. The smallest absolute Gasteiger partial charge is 0.209 e. The SMILES string of the molecule is O=C(CSc1n[nH]c(-c2ccc(S(=O)(=O)c3ccccc3)cc2)n1)c1ccc(Br)cc1. The standard InChI is InChI=1S/C22H16BrN3O3S2/c23-17-10-6-15(7-11-17)20(27)14-30-22-24-21(25-26-22)16-8-12-19(13-9-16)31(28,29)18-4-2-1-3-5-18/h1-13H,14H2,(H,24,25,26). The summed E-state index contributed by atoms with van der Waals surface area (Å²) in [5.74, 6) is 0.703. The van der Waals surface area contributed by atoms with Gasteiger partial charge in [-0.1, -0.05) is 58.0 Å². The van der Waals surface area contributed by atoms with Crippen molar-refractivity contribution in [3.63, 3.8) is 0 Å². The van der Waals surface area contributed by atoms with Crippen LogP contribution in [0, 0.1) is 0 Å². The Labute approximate surface area is 192 Å². The maximum absolute atomic E-state index is 12.7. The van der Waals surface area contributed by atoms with Crippen molar-refractivity contribution in [2.45, 2.75) is 14.9 Å². The number of halogens is 1. The number of hydrogen-bond acceptors (Lipinski definition) is 6. The molecule has 0 saturated carbocycles. The van der Waals surface area contributed by atoms with Gasteiger partial charge in [0.15, 0.2) is 11.6 Å². The monoisotopic (exact) mass is 513 g/mol. The number of carbonyl (C=O) groups excluding carboxylic acids is 1. The number of rotatable bonds is 7. The lowest BCUT2D eigenvalue weighted by Gasteiger charge is -2.05. The van der Waals surface area contributed by atoms with Crippen molar-refractivity contribution >= 4 is 43.3 Å². The fourth-order valence-corrected chi connectivity index (χ4v) is 5.06. The minimum Gasteiger partial charge on any atom is -0.293 e. The Morgan fingerprint density at radius 2 is 1.55 bits per heavy atom. The van der Waals surface area contributed by atoms with Crippen molar-refractivity contribution in [2.75, 3.05) is 5.75 Å². The van der Waals surface area contributed by atoms with Gasteiger partial charge >= 0.3 is 0 Å². The summed E-state index contributed by atoms with van der Waals surface area (Å²) in [4.78, 5) is 17.1. The van der Waals surface area contributed by atoms with Crippen molar-refractivity contribution in [3.8, 4) is 11.4 Å². The van der Waals surface area contributed by atoms with Crippen LogP contribution in [0.5, 0.6) is 0 Å². The van der Waals surface area contributed by atoms with E-state index in [1.807, 2.05) is 12.1 Å². The number of carbonyl (C=O) groups is 1. The molecule has 0 aliphatic carbocycles. The molecule has 1 aromatic heterocycles. The van der Waals surface area contributed by atoms with Gasteiger partial charge in [-0.05, 0) is 48.5 Å². The number of nitrogens with one attached hydrogen (secondary N) is 1. The average Bonchev–Trinajstić information content (AvgIpc) is 3.28. The fourth-order valence-electron chi connectivity index (χ4n) is 2.82. The van der Waals surface area contributed by atoms with Crippen molar-refractivity contribution in [1.29, 1.82) is 0 Å². The summed E-state index contributed by atoms with van der Waals surface area (Å²) in [7, 11) is -3.57. The van der Waals surface area contributed by atoms with Gasteiger partial charge in [0.05, 0.1) is 15.5 Å². The molecule has 0 bridgehead atoms. The van der Waals surface area contributed by atoms with E-state index < -0.39 is 9.84 Å². The van der Waals surface area contributed by atoms with Crippen LogP contribution >= 0.6 is 27.7 Å². The number of H-pyrrole nitrogens is 1. The van der Waals surface area contributed by atoms with Crippen molar-refractivity contribution < 1.29 is 13.2 Å². The molecule has 1 heterocycles. The molecule has 1 N–H and O–H groups in total. The fraction of sp³-hybridized carbons (Fsp3) is 0.0455. The van der Waals surface area contributed by atoms with Crippen LogP contribution in [0.4, 0.5) is 0 Å². The first-order chi connectivity index (χ1) is 14.9. The Bertz CT molecular complexity index is 1300. The van der Waals surface area contributed by atoms with Crippen LogP contribution in [0.1, 0.15) is 10.4 Å². The van der Waals surface area contributed by atoms with Gasteiger partial charge in [0, 0.05) is 15.6 Å². The van der Waals surface area contributed by atoms with Gasteiger partial charge < -0.3 is 0 Å². The van der Waals surface area contributed by atoms with Crippen LogP contribution in [-0.2, 0) is 9.84 Å². The second-order valence-corrected chi connectivity index (χ2v) is 10.3. The van der Waals surface area contributed by atoms with Crippen LogP contribution in [0.3, 0.4) is 0 Å². The molecule has 0 aliphatic rings. The lowest BCUT2D eigenvalue weighted by atomic mass is 10.2. The van der Waals surface area contributed by atoms with Gasteiger partial charge in [-0.25, -0.2) is 13.4 Å². The van der Waals surface area contributed by atoms with Crippen LogP contribution in [-0.4, -0.2) is 35.1 Å². The molecule has 0 radical (unpaired) electrons.